The summed E-state index contributed by atoms with van der Waals surface area (Å²) in [7, 11) is 0. The third-order valence-electron chi connectivity index (χ3n) is 1.87. The molecule has 0 radical (unpaired) electrons. The maximum atomic E-state index is 13.4. The Labute approximate surface area is 102 Å². The Bertz CT molecular complexity index is 502. The van der Waals surface area contributed by atoms with E-state index in [4.69, 9.17) is 17.3 Å². The fourth-order valence-electron chi connectivity index (χ4n) is 1.12. The lowest BCUT2D eigenvalue weighted by molar-refractivity contribution is 0.588. The molecule has 5 heteroatoms. The van der Waals surface area contributed by atoms with Crippen LogP contribution in [0.1, 0.15) is 0 Å². The zero-order chi connectivity index (χ0) is 11.5. The highest BCUT2D eigenvalue weighted by Crippen LogP contribution is 2.29. The Kier molecular flexibility index (Phi) is 3.31. The van der Waals surface area contributed by atoms with Gasteiger partial charge in [-0.2, -0.15) is 0 Å². The van der Waals surface area contributed by atoms with Gasteiger partial charge in [0.25, 0.3) is 0 Å². The first kappa shape index (κ1) is 11.2. The van der Waals surface area contributed by atoms with E-state index in [-0.39, 0.29) is 0 Å². The number of anilines is 1. The van der Waals surface area contributed by atoms with Crippen molar-refractivity contribution in [3.05, 3.63) is 47.4 Å². The number of hydrogen-bond acceptors (Lipinski definition) is 3. The summed E-state index contributed by atoms with van der Waals surface area (Å²) in [6.07, 6.45) is 1.42. The van der Waals surface area contributed by atoms with Gasteiger partial charge >= 0.3 is 0 Å². The van der Waals surface area contributed by atoms with E-state index < -0.39 is 5.82 Å². The van der Waals surface area contributed by atoms with Gasteiger partial charge in [0, 0.05) is 16.8 Å². The van der Waals surface area contributed by atoms with Crippen molar-refractivity contribution in [2.24, 2.45) is 0 Å². The fourth-order valence-corrected chi connectivity index (χ4v) is 2.03. The number of nitrogens with zero attached hydrogens (tertiary/aromatic N) is 1. The van der Waals surface area contributed by atoms with Crippen LogP contribution in [0.2, 0.25) is 5.02 Å². The second kappa shape index (κ2) is 4.72. The molecule has 0 atom stereocenters. The molecule has 0 spiro atoms. The molecule has 0 aliphatic heterocycles. The molecular weight excluding hydrogens is 247 g/mol. The maximum Gasteiger partial charge on any atom is 0.157 e. The Hall–Kier alpha value is -1.26. The molecule has 0 fully saturated rings. The molecule has 0 unspecified atom stereocenters. The van der Waals surface area contributed by atoms with Crippen LogP contribution in [-0.4, -0.2) is 4.98 Å². The van der Waals surface area contributed by atoms with Crippen molar-refractivity contribution in [3.8, 4) is 0 Å². The molecule has 0 bridgehead atoms. The molecule has 1 aromatic carbocycles. The van der Waals surface area contributed by atoms with Gasteiger partial charge in [0.1, 0.15) is 5.03 Å². The Morgan fingerprint density at radius 3 is 2.56 bits per heavy atom. The molecule has 0 saturated heterocycles. The third kappa shape index (κ3) is 2.65. The molecule has 2 aromatic rings. The summed E-state index contributed by atoms with van der Waals surface area (Å²) in [5, 5.41) is 0.591. The van der Waals surface area contributed by atoms with Crippen LogP contribution in [0.3, 0.4) is 0 Å². The lowest BCUT2D eigenvalue weighted by atomic mass is 10.3. The van der Waals surface area contributed by atoms with E-state index in [9.17, 15) is 4.39 Å². The van der Waals surface area contributed by atoms with Crippen molar-refractivity contribution < 1.29 is 4.39 Å². The zero-order valence-corrected chi connectivity index (χ0v) is 9.73. The van der Waals surface area contributed by atoms with Gasteiger partial charge in [-0.3, -0.25) is 0 Å². The topological polar surface area (TPSA) is 38.9 Å². The van der Waals surface area contributed by atoms with Crippen LogP contribution in [0, 0.1) is 5.82 Å². The molecule has 0 saturated carbocycles. The monoisotopic (exact) mass is 254 g/mol. The van der Waals surface area contributed by atoms with Gasteiger partial charge < -0.3 is 5.73 Å². The second-order valence-electron chi connectivity index (χ2n) is 3.11. The number of pyridine rings is 1. The van der Waals surface area contributed by atoms with Crippen LogP contribution in [-0.2, 0) is 0 Å². The van der Waals surface area contributed by atoms with Crippen LogP contribution < -0.4 is 5.73 Å². The normalized spacial score (nSPS) is 10.4. The van der Waals surface area contributed by atoms with Gasteiger partial charge in [0.2, 0.25) is 0 Å². The highest BCUT2D eigenvalue weighted by molar-refractivity contribution is 7.99. The molecule has 1 heterocycles. The summed E-state index contributed by atoms with van der Waals surface area (Å²) < 4.78 is 13.4. The van der Waals surface area contributed by atoms with Gasteiger partial charge in [-0.1, -0.05) is 23.4 Å². The van der Waals surface area contributed by atoms with Gasteiger partial charge in [-0.05, 0) is 30.3 Å². The molecule has 2 rings (SSSR count). The Balaban J connectivity index is 2.23. The molecule has 1 aromatic heterocycles. The second-order valence-corrected chi connectivity index (χ2v) is 4.61. The largest absolute Gasteiger partial charge is 0.399 e. The van der Waals surface area contributed by atoms with Crippen LogP contribution in [0.15, 0.2) is 46.5 Å². The fraction of sp³-hybridized carbons (Fsp3) is 0. The smallest absolute Gasteiger partial charge is 0.157 e. The number of nitrogen functional groups attached to an aromatic ring is 1. The number of rotatable bonds is 2. The van der Waals surface area contributed by atoms with E-state index in [2.05, 4.69) is 4.98 Å². The number of halogens is 2. The maximum absolute atomic E-state index is 13.4. The molecule has 0 aliphatic rings. The molecule has 2 nitrogen and oxygen atoms in total. The van der Waals surface area contributed by atoms with E-state index in [1.807, 2.05) is 12.1 Å². The number of aromatic nitrogens is 1. The van der Waals surface area contributed by atoms with Gasteiger partial charge in [0.05, 0.1) is 5.02 Å². The molecule has 82 valence electrons. The zero-order valence-electron chi connectivity index (χ0n) is 8.15. The van der Waals surface area contributed by atoms with Crippen molar-refractivity contribution in [2.45, 2.75) is 9.92 Å². The number of benzene rings is 1. The van der Waals surface area contributed by atoms with Gasteiger partial charge in [-0.15, -0.1) is 0 Å². The summed E-state index contributed by atoms with van der Waals surface area (Å²) in [6, 6.07) is 8.39. The van der Waals surface area contributed by atoms with E-state index in [0.29, 0.717) is 15.7 Å². The van der Waals surface area contributed by atoms with E-state index in [1.54, 1.807) is 12.1 Å². The van der Waals surface area contributed by atoms with Crippen LogP contribution >= 0.6 is 23.4 Å². The van der Waals surface area contributed by atoms with Crippen LogP contribution in [0.25, 0.3) is 0 Å². The first-order valence-electron chi connectivity index (χ1n) is 4.49. The average Bonchev–Trinajstić information content (AvgIpc) is 2.25. The Morgan fingerprint density at radius 1 is 1.25 bits per heavy atom. The van der Waals surface area contributed by atoms with Crippen molar-refractivity contribution >= 4 is 29.1 Å². The minimum absolute atomic E-state index is 0.291. The van der Waals surface area contributed by atoms with Gasteiger partial charge in [0.15, 0.2) is 5.82 Å². The lowest BCUT2D eigenvalue weighted by Crippen LogP contribution is -1.87. The van der Waals surface area contributed by atoms with E-state index in [0.717, 1.165) is 4.90 Å². The molecule has 2 N–H and O–H groups in total. The Morgan fingerprint density at radius 2 is 1.94 bits per heavy atom. The highest BCUT2D eigenvalue weighted by atomic mass is 35.5. The first-order valence-corrected chi connectivity index (χ1v) is 5.69. The standard InChI is InChI=1S/C11H8ClFN2S/c12-7-5-10(13)11(15-6-7)16-9-3-1-8(14)2-4-9/h1-6H,14H2. The van der Waals surface area contributed by atoms with Crippen molar-refractivity contribution in [3.63, 3.8) is 0 Å². The number of nitrogens with two attached hydrogens (primary N) is 1. The van der Waals surface area contributed by atoms with Crippen LogP contribution in [0.5, 0.6) is 0 Å². The summed E-state index contributed by atoms with van der Waals surface area (Å²) in [6.45, 7) is 0. The minimum atomic E-state index is -0.422. The van der Waals surface area contributed by atoms with Crippen LogP contribution in [0.4, 0.5) is 10.1 Å². The molecular formula is C11H8ClFN2S. The average molecular weight is 255 g/mol. The summed E-state index contributed by atoms with van der Waals surface area (Å²) >= 11 is 6.84. The predicted octanol–water partition coefficient (Wildman–Crippen LogP) is 3.61. The highest BCUT2D eigenvalue weighted by Gasteiger charge is 2.06. The summed E-state index contributed by atoms with van der Waals surface area (Å²) in [5.41, 5.74) is 6.23. The van der Waals surface area contributed by atoms with Crippen molar-refractivity contribution in [1.29, 1.82) is 0 Å². The lowest BCUT2D eigenvalue weighted by Gasteiger charge is -2.02. The van der Waals surface area contributed by atoms with Crippen molar-refractivity contribution in [1.82, 2.24) is 4.98 Å². The summed E-state index contributed by atoms with van der Waals surface area (Å²) in [5.74, 6) is -0.422. The quantitative estimate of drug-likeness (QED) is 0.832. The molecule has 0 aliphatic carbocycles. The number of hydrogen-bond donors (Lipinski definition) is 1. The molecule has 16 heavy (non-hydrogen) atoms. The van der Waals surface area contributed by atoms with Crippen molar-refractivity contribution in [2.75, 3.05) is 5.73 Å². The summed E-state index contributed by atoms with van der Waals surface area (Å²) in [4.78, 5) is 4.80. The SMILES string of the molecule is Nc1ccc(Sc2ncc(Cl)cc2F)cc1. The predicted molar refractivity (Wildman–Crippen MR) is 64.2 cm³/mol. The molecule has 0 amide bonds. The van der Waals surface area contributed by atoms with Gasteiger partial charge in [-0.25, -0.2) is 9.37 Å². The van der Waals surface area contributed by atoms with E-state index >= 15 is 0 Å². The van der Waals surface area contributed by atoms with E-state index in [1.165, 1.54) is 24.0 Å². The minimum Gasteiger partial charge on any atom is -0.399 e. The first-order chi connectivity index (χ1) is 7.65. The third-order valence-corrected chi connectivity index (χ3v) is 3.08.